The van der Waals surface area contributed by atoms with Crippen LogP contribution < -0.4 is 21.1 Å². The standard InChI is InChI=1S/C16H24ClN3O3/c1-10(2)8-12(18)16(22)19-7-6-15(21)20-13-9-11(17)4-5-14(13)23-3/h4-5,9-10,12H,6-8,18H2,1-3H3,(H,19,22)(H,20,21)/t12-/m0/s1. The summed E-state index contributed by atoms with van der Waals surface area (Å²) in [6, 6.07) is 4.40. The zero-order valence-electron chi connectivity index (χ0n) is 13.7. The summed E-state index contributed by atoms with van der Waals surface area (Å²) >= 11 is 5.90. The van der Waals surface area contributed by atoms with Gasteiger partial charge in [-0.15, -0.1) is 0 Å². The molecule has 1 atom stereocenters. The minimum atomic E-state index is -0.550. The molecule has 4 N–H and O–H groups in total. The van der Waals surface area contributed by atoms with Crippen LogP contribution in [-0.2, 0) is 9.59 Å². The van der Waals surface area contributed by atoms with Crippen LogP contribution in [0.5, 0.6) is 5.75 Å². The second kappa shape index (κ2) is 9.37. The number of nitrogens with two attached hydrogens (primary N) is 1. The second-order valence-corrected chi connectivity index (χ2v) is 6.11. The van der Waals surface area contributed by atoms with Gasteiger partial charge in [0.15, 0.2) is 0 Å². The molecular formula is C16H24ClN3O3. The Morgan fingerprint density at radius 3 is 2.65 bits per heavy atom. The molecule has 0 aromatic heterocycles. The largest absolute Gasteiger partial charge is 0.495 e. The maximum Gasteiger partial charge on any atom is 0.236 e. The minimum absolute atomic E-state index is 0.135. The van der Waals surface area contributed by atoms with Crippen LogP contribution in [-0.4, -0.2) is 31.5 Å². The molecule has 0 radical (unpaired) electrons. The van der Waals surface area contributed by atoms with Crippen LogP contribution >= 0.6 is 11.6 Å². The van der Waals surface area contributed by atoms with Crippen LogP contribution in [0.1, 0.15) is 26.7 Å². The molecule has 0 bridgehead atoms. The number of rotatable bonds is 8. The van der Waals surface area contributed by atoms with Crippen LogP contribution in [0.4, 0.5) is 5.69 Å². The topological polar surface area (TPSA) is 93.5 Å². The van der Waals surface area contributed by atoms with Gasteiger partial charge in [-0.25, -0.2) is 0 Å². The molecule has 1 aromatic rings. The molecule has 0 spiro atoms. The lowest BCUT2D eigenvalue weighted by atomic mass is 10.0. The van der Waals surface area contributed by atoms with E-state index in [0.29, 0.717) is 28.8 Å². The lowest BCUT2D eigenvalue weighted by Gasteiger charge is -2.14. The Kier molecular flexibility index (Phi) is 7.85. The summed E-state index contributed by atoms with van der Waals surface area (Å²) in [5.74, 6) is 0.371. The Hall–Kier alpha value is -1.79. The molecule has 1 aromatic carbocycles. The summed E-state index contributed by atoms with van der Waals surface area (Å²) in [6.07, 6.45) is 0.744. The monoisotopic (exact) mass is 341 g/mol. The van der Waals surface area contributed by atoms with Crippen molar-refractivity contribution in [1.29, 1.82) is 0 Å². The molecule has 0 aliphatic heterocycles. The third kappa shape index (κ3) is 6.88. The average Bonchev–Trinajstić information content (AvgIpc) is 2.46. The van der Waals surface area contributed by atoms with Gasteiger partial charge in [-0.1, -0.05) is 25.4 Å². The summed E-state index contributed by atoms with van der Waals surface area (Å²) < 4.78 is 5.15. The normalized spacial score (nSPS) is 11.9. The SMILES string of the molecule is COc1ccc(Cl)cc1NC(=O)CCNC(=O)[C@@H](N)CC(C)C. The highest BCUT2D eigenvalue weighted by Crippen LogP contribution is 2.27. The molecule has 128 valence electrons. The van der Waals surface area contributed by atoms with Crippen molar-refractivity contribution in [3.8, 4) is 5.75 Å². The summed E-state index contributed by atoms with van der Waals surface area (Å²) in [5.41, 5.74) is 6.26. The molecule has 0 heterocycles. The van der Waals surface area contributed by atoms with E-state index in [1.165, 1.54) is 7.11 Å². The number of nitrogens with one attached hydrogen (secondary N) is 2. The van der Waals surface area contributed by atoms with Crippen molar-refractivity contribution < 1.29 is 14.3 Å². The highest BCUT2D eigenvalue weighted by atomic mass is 35.5. The molecule has 0 unspecified atom stereocenters. The Balaban J connectivity index is 2.43. The van der Waals surface area contributed by atoms with E-state index in [-0.39, 0.29) is 24.8 Å². The van der Waals surface area contributed by atoms with Crippen LogP contribution in [0.15, 0.2) is 18.2 Å². The number of amides is 2. The zero-order valence-corrected chi connectivity index (χ0v) is 14.4. The molecule has 0 fully saturated rings. The number of benzene rings is 1. The van der Waals surface area contributed by atoms with Crippen molar-refractivity contribution in [3.05, 3.63) is 23.2 Å². The molecule has 6 nitrogen and oxygen atoms in total. The van der Waals surface area contributed by atoms with Crippen molar-refractivity contribution in [2.75, 3.05) is 19.0 Å². The van der Waals surface area contributed by atoms with Gasteiger partial charge in [-0.2, -0.15) is 0 Å². The minimum Gasteiger partial charge on any atom is -0.495 e. The predicted molar refractivity (Wildman–Crippen MR) is 91.7 cm³/mol. The van der Waals surface area contributed by atoms with Gasteiger partial charge in [0.05, 0.1) is 18.8 Å². The molecular weight excluding hydrogens is 318 g/mol. The Bertz CT molecular complexity index is 549. The third-order valence-electron chi connectivity index (χ3n) is 3.15. The number of anilines is 1. The molecule has 0 saturated carbocycles. The highest BCUT2D eigenvalue weighted by Gasteiger charge is 2.15. The van der Waals surface area contributed by atoms with Crippen molar-refractivity contribution in [2.24, 2.45) is 11.7 Å². The summed E-state index contributed by atoms with van der Waals surface area (Å²) in [7, 11) is 1.51. The van der Waals surface area contributed by atoms with Gasteiger partial charge in [-0.05, 0) is 30.5 Å². The lowest BCUT2D eigenvalue weighted by molar-refractivity contribution is -0.122. The van der Waals surface area contributed by atoms with Crippen molar-refractivity contribution >= 4 is 29.1 Å². The maximum absolute atomic E-state index is 11.9. The summed E-state index contributed by atoms with van der Waals surface area (Å²) in [6.45, 7) is 4.22. The molecule has 0 saturated heterocycles. The Labute approximate surface area is 141 Å². The summed E-state index contributed by atoms with van der Waals surface area (Å²) in [5, 5.41) is 5.86. The van der Waals surface area contributed by atoms with E-state index in [1.807, 2.05) is 13.8 Å². The van der Waals surface area contributed by atoms with Gasteiger partial charge < -0.3 is 21.1 Å². The smallest absolute Gasteiger partial charge is 0.236 e. The highest BCUT2D eigenvalue weighted by molar-refractivity contribution is 6.31. The number of halogens is 1. The Morgan fingerprint density at radius 2 is 2.04 bits per heavy atom. The molecule has 23 heavy (non-hydrogen) atoms. The first-order valence-electron chi connectivity index (χ1n) is 7.50. The molecule has 1 rings (SSSR count). The molecule has 7 heteroatoms. The van der Waals surface area contributed by atoms with Gasteiger partial charge in [0.25, 0.3) is 0 Å². The van der Waals surface area contributed by atoms with E-state index in [1.54, 1.807) is 18.2 Å². The fourth-order valence-corrected chi connectivity index (χ4v) is 2.21. The number of carbonyl (C=O) groups is 2. The quantitative estimate of drug-likeness (QED) is 0.675. The fourth-order valence-electron chi connectivity index (χ4n) is 2.04. The molecule has 0 aliphatic rings. The molecule has 2 amide bonds. The first-order valence-corrected chi connectivity index (χ1v) is 7.88. The van der Waals surface area contributed by atoms with Gasteiger partial charge in [0, 0.05) is 18.0 Å². The van der Waals surface area contributed by atoms with E-state index in [4.69, 9.17) is 22.1 Å². The second-order valence-electron chi connectivity index (χ2n) is 5.67. The zero-order chi connectivity index (χ0) is 17.4. The van der Waals surface area contributed by atoms with Gasteiger partial charge in [0.2, 0.25) is 11.8 Å². The van der Waals surface area contributed by atoms with Crippen LogP contribution in [0.2, 0.25) is 5.02 Å². The predicted octanol–water partition coefficient (Wildman–Crippen LogP) is 2.17. The first kappa shape index (κ1) is 19.3. The van der Waals surface area contributed by atoms with E-state index < -0.39 is 6.04 Å². The lowest BCUT2D eigenvalue weighted by Crippen LogP contribution is -2.42. The number of carbonyl (C=O) groups excluding carboxylic acids is 2. The first-order chi connectivity index (χ1) is 10.8. The van der Waals surface area contributed by atoms with Crippen molar-refractivity contribution in [1.82, 2.24) is 5.32 Å². The van der Waals surface area contributed by atoms with Crippen LogP contribution in [0.3, 0.4) is 0 Å². The van der Waals surface area contributed by atoms with E-state index in [9.17, 15) is 9.59 Å². The van der Waals surface area contributed by atoms with E-state index >= 15 is 0 Å². The van der Waals surface area contributed by atoms with Gasteiger partial charge in [-0.3, -0.25) is 9.59 Å². The number of hydrogen-bond acceptors (Lipinski definition) is 4. The third-order valence-corrected chi connectivity index (χ3v) is 3.38. The van der Waals surface area contributed by atoms with Crippen LogP contribution in [0.25, 0.3) is 0 Å². The van der Waals surface area contributed by atoms with Crippen molar-refractivity contribution in [3.63, 3.8) is 0 Å². The number of methoxy groups -OCH3 is 1. The van der Waals surface area contributed by atoms with Gasteiger partial charge >= 0.3 is 0 Å². The Morgan fingerprint density at radius 1 is 1.35 bits per heavy atom. The molecule has 0 aliphatic carbocycles. The van der Waals surface area contributed by atoms with E-state index in [0.717, 1.165) is 0 Å². The fraction of sp³-hybridized carbons (Fsp3) is 0.500. The van der Waals surface area contributed by atoms with Crippen molar-refractivity contribution in [2.45, 2.75) is 32.7 Å². The number of hydrogen-bond donors (Lipinski definition) is 3. The van der Waals surface area contributed by atoms with E-state index in [2.05, 4.69) is 10.6 Å². The average molecular weight is 342 g/mol. The maximum atomic E-state index is 11.9. The number of ether oxygens (including phenoxy) is 1. The van der Waals surface area contributed by atoms with Gasteiger partial charge in [0.1, 0.15) is 5.75 Å². The van der Waals surface area contributed by atoms with Crippen LogP contribution in [0, 0.1) is 5.92 Å². The summed E-state index contributed by atoms with van der Waals surface area (Å²) in [4.78, 5) is 23.7.